The van der Waals surface area contributed by atoms with Gasteiger partial charge in [-0.15, -0.1) is 0 Å². The van der Waals surface area contributed by atoms with E-state index >= 15 is 0 Å². The summed E-state index contributed by atoms with van der Waals surface area (Å²) in [4.78, 5) is 0. The van der Waals surface area contributed by atoms with Crippen LogP contribution in [0, 0.1) is 0 Å². The second kappa shape index (κ2) is 6.69. The zero-order valence-electron chi connectivity index (χ0n) is 15.9. The molecule has 1 nitrogen and oxygen atoms in total. The molecule has 0 saturated heterocycles. The largest absolute Gasteiger partial charge is 0.472 e. The van der Waals surface area contributed by atoms with Crippen LogP contribution in [0.2, 0.25) is 0 Å². The maximum absolute atomic E-state index is 6.96. The number of hydrogen-bond acceptors (Lipinski definition) is 1. The molecule has 0 N–H and O–H groups in total. The summed E-state index contributed by atoms with van der Waals surface area (Å²) in [7, 11) is 0. The van der Waals surface area contributed by atoms with Crippen LogP contribution in [0.3, 0.4) is 0 Å². The van der Waals surface area contributed by atoms with Gasteiger partial charge in [-0.05, 0) is 23.4 Å². The molecule has 28 heavy (non-hydrogen) atoms. The summed E-state index contributed by atoms with van der Waals surface area (Å²) in [6.07, 6.45) is 5.45. The van der Waals surface area contributed by atoms with Crippen molar-refractivity contribution in [1.29, 1.82) is 0 Å². The molecule has 1 heterocycles. The van der Waals surface area contributed by atoms with Crippen molar-refractivity contribution in [2.75, 3.05) is 0 Å². The first kappa shape index (κ1) is 16.8. The lowest BCUT2D eigenvalue weighted by Crippen LogP contribution is -2.34. The van der Waals surface area contributed by atoms with Crippen molar-refractivity contribution >= 4 is 16.8 Å². The third-order valence-electron chi connectivity index (χ3n) is 5.66. The quantitative estimate of drug-likeness (QED) is 0.391. The van der Waals surface area contributed by atoms with E-state index in [0.29, 0.717) is 0 Å². The Labute approximate surface area is 165 Å². The molecular weight excluding hydrogens is 340 g/mol. The van der Waals surface area contributed by atoms with E-state index in [9.17, 15) is 0 Å². The predicted octanol–water partition coefficient (Wildman–Crippen LogP) is 6.75. The highest BCUT2D eigenvalue weighted by Crippen LogP contribution is 2.46. The Morgan fingerprint density at radius 2 is 1.36 bits per heavy atom. The van der Waals surface area contributed by atoms with Gasteiger partial charge in [0.2, 0.25) is 0 Å². The van der Waals surface area contributed by atoms with E-state index in [1.165, 1.54) is 16.5 Å². The zero-order chi connectivity index (χ0) is 19.0. The van der Waals surface area contributed by atoms with Crippen LogP contribution in [-0.2, 0) is 12.0 Å². The fourth-order valence-corrected chi connectivity index (χ4v) is 4.22. The van der Waals surface area contributed by atoms with E-state index in [-0.39, 0.29) is 0 Å². The molecule has 0 saturated carbocycles. The first-order chi connectivity index (χ1) is 13.8. The average molecular weight is 362 g/mol. The molecule has 5 rings (SSSR count). The molecule has 0 unspecified atom stereocenters. The van der Waals surface area contributed by atoms with E-state index in [2.05, 4.69) is 97.9 Å². The van der Waals surface area contributed by atoms with Crippen molar-refractivity contribution in [3.8, 4) is 5.75 Å². The number of hydrogen-bond donors (Lipinski definition) is 0. The predicted molar refractivity (Wildman–Crippen MR) is 117 cm³/mol. The van der Waals surface area contributed by atoms with Crippen molar-refractivity contribution in [1.82, 2.24) is 0 Å². The molecule has 0 aromatic heterocycles. The molecule has 4 aromatic carbocycles. The van der Waals surface area contributed by atoms with Gasteiger partial charge in [0.05, 0.1) is 0 Å². The van der Waals surface area contributed by atoms with Crippen LogP contribution in [-0.4, -0.2) is 0 Å². The number of rotatable bonds is 3. The maximum Gasteiger partial charge on any atom is 0.178 e. The Morgan fingerprint density at radius 3 is 2.00 bits per heavy atom. The first-order valence-corrected chi connectivity index (χ1v) is 9.86. The number of fused-ring (bicyclic) bond motifs is 3. The number of benzene rings is 4. The van der Waals surface area contributed by atoms with E-state index in [1.807, 2.05) is 12.1 Å². The Kier molecular flexibility index (Phi) is 4.02. The molecule has 0 radical (unpaired) electrons. The van der Waals surface area contributed by atoms with Gasteiger partial charge in [-0.1, -0.05) is 104 Å². The first-order valence-electron chi connectivity index (χ1n) is 9.86. The van der Waals surface area contributed by atoms with Gasteiger partial charge in [0.15, 0.2) is 5.60 Å². The number of ether oxygens (including phenoxy) is 1. The average Bonchev–Trinajstić information content (AvgIpc) is 2.79. The molecule has 1 aliphatic heterocycles. The minimum atomic E-state index is -0.634. The summed E-state index contributed by atoms with van der Waals surface area (Å²) in [5.41, 5.74) is 4.15. The molecule has 0 bridgehead atoms. The summed E-state index contributed by atoms with van der Waals surface area (Å²) in [6.45, 7) is 2.20. The third-order valence-corrected chi connectivity index (χ3v) is 5.66. The summed E-state index contributed by atoms with van der Waals surface area (Å²) < 4.78 is 6.96. The Hall–Kier alpha value is -3.32. The van der Waals surface area contributed by atoms with Crippen LogP contribution in [0.1, 0.15) is 29.2 Å². The van der Waals surface area contributed by atoms with Gasteiger partial charge >= 0.3 is 0 Å². The van der Waals surface area contributed by atoms with E-state index in [1.54, 1.807) is 0 Å². The minimum absolute atomic E-state index is 0.634. The van der Waals surface area contributed by atoms with Gasteiger partial charge in [-0.25, -0.2) is 0 Å². The van der Waals surface area contributed by atoms with E-state index < -0.39 is 5.60 Å². The maximum atomic E-state index is 6.96. The van der Waals surface area contributed by atoms with E-state index in [4.69, 9.17) is 4.74 Å². The van der Waals surface area contributed by atoms with Crippen LogP contribution in [0.5, 0.6) is 5.75 Å². The lowest BCUT2D eigenvalue weighted by atomic mass is 9.82. The van der Waals surface area contributed by atoms with Crippen molar-refractivity contribution in [3.63, 3.8) is 0 Å². The molecule has 0 fully saturated rings. The molecule has 0 aliphatic carbocycles. The Bertz CT molecular complexity index is 1120. The highest BCUT2D eigenvalue weighted by atomic mass is 16.5. The van der Waals surface area contributed by atoms with Crippen molar-refractivity contribution in [2.45, 2.75) is 18.9 Å². The van der Waals surface area contributed by atoms with Gasteiger partial charge in [-0.2, -0.15) is 0 Å². The summed E-state index contributed by atoms with van der Waals surface area (Å²) in [5.74, 6) is 0.977. The van der Waals surface area contributed by atoms with Crippen LogP contribution in [0.25, 0.3) is 16.8 Å². The third kappa shape index (κ3) is 2.55. The van der Waals surface area contributed by atoms with Crippen LogP contribution >= 0.6 is 0 Å². The summed E-state index contributed by atoms with van der Waals surface area (Å²) >= 11 is 0. The van der Waals surface area contributed by atoms with Crippen LogP contribution in [0.4, 0.5) is 0 Å². The van der Waals surface area contributed by atoms with Crippen molar-refractivity contribution in [3.05, 3.63) is 119 Å². The van der Waals surface area contributed by atoms with Crippen molar-refractivity contribution < 1.29 is 4.74 Å². The molecule has 136 valence electrons. The van der Waals surface area contributed by atoms with E-state index in [0.717, 1.165) is 28.7 Å². The lowest BCUT2D eigenvalue weighted by Gasteiger charge is -2.37. The molecule has 4 aromatic rings. The zero-order valence-corrected chi connectivity index (χ0v) is 15.9. The Morgan fingerprint density at radius 1 is 0.750 bits per heavy atom. The van der Waals surface area contributed by atoms with Crippen LogP contribution in [0.15, 0.2) is 97.1 Å². The SMILES string of the molecule is CCc1cc2ccccc2c2c1C=CC(c1ccccc1)(c1ccccc1)O2. The highest BCUT2D eigenvalue weighted by Gasteiger charge is 2.37. The highest BCUT2D eigenvalue weighted by molar-refractivity contribution is 5.94. The smallest absolute Gasteiger partial charge is 0.178 e. The van der Waals surface area contributed by atoms with Gasteiger partial charge in [-0.3, -0.25) is 0 Å². The van der Waals surface area contributed by atoms with Crippen molar-refractivity contribution in [2.24, 2.45) is 0 Å². The fraction of sp³-hybridized carbons (Fsp3) is 0.111. The van der Waals surface area contributed by atoms with Gasteiger partial charge < -0.3 is 4.74 Å². The second-order valence-corrected chi connectivity index (χ2v) is 7.26. The standard InChI is InChI=1S/C27H22O/c1-2-20-19-21-11-9-10-16-24(21)26-25(20)17-18-27(28-26,22-12-5-3-6-13-22)23-14-7-4-8-15-23/h3-19H,2H2,1H3. The normalized spacial score (nSPS) is 14.5. The van der Waals surface area contributed by atoms with Gasteiger partial charge in [0.1, 0.15) is 5.75 Å². The minimum Gasteiger partial charge on any atom is -0.472 e. The topological polar surface area (TPSA) is 9.23 Å². The Balaban J connectivity index is 1.81. The number of aryl methyl sites for hydroxylation is 1. The molecule has 0 spiro atoms. The molecular formula is C27H22O. The lowest BCUT2D eigenvalue weighted by molar-refractivity contribution is 0.163. The summed E-state index contributed by atoms with van der Waals surface area (Å²) in [5, 5.41) is 2.39. The second-order valence-electron chi connectivity index (χ2n) is 7.26. The summed E-state index contributed by atoms with van der Waals surface area (Å²) in [6, 6.07) is 31.8. The monoisotopic (exact) mass is 362 g/mol. The molecule has 0 atom stereocenters. The molecule has 1 heteroatoms. The van der Waals surface area contributed by atoms with Gasteiger partial charge in [0.25, 0.3) is 0 Å². The van der Waals surface area contributed by atoms with Crippen LogP contribution < -0.4 is 4.74 Å². The van der Waals surface area contributed by atoms with Gasteiger partial charge in [0, 0.05) is 22.1 Å². The fourth-order valence-electron chi connectivity index (χ4n) is 4.22. The molecule has 1 aliphatic rings. The molecule has 0 amide bonds.